The molecular weight excluding hydrogens is 220 g/mol. The lowest BCUT2D eigenvalue weighted by atomic mass is 10.0. The van der Waals surface area contributed by atoms with Gasteiger partial charge in [0.1, 0.15) is 0 Å². The van der Waals surface area contributed by atoms with Gasteiger partial charge in [0, 0.05) is 6.42 Å². The zero-order chi connectivity index (χ0) is 11.6. The molecule has 0 spiro atoms. The molecule has 5 heteroatoms. The number of benzene rings is 1. The van der Waals surface area contributed by atoms with Crippen molar-refractivity contribution in [3.05, 3.63) is 22.2 Å². The molecule has 0 aliphatic rings. The summed E-state index contributed by atoms with van der Waals surface area (Å²) in [5, 5.41) is 27.1. The van der Waals surface area contributed by atoms with E-state index in [0.717, 1.165) is 0 Å². The van der Waals surface area contributed by atoms with E-state index < -0.39 is 11.7 Å². The Bertz CT molecular complexity index is 401. The number of phenols is 2. The van der Waals surface area contributed by atoms with Crippen molar-refractivity contribution in [3.8, 4) is 11.5 Å². The van der Waals surface area contributed by atoms with Gasteiger partial charge >= 0.3 is 5.97 Å². The van der Waals surface area contributed by atoms with Crippen molar-refractivity contribution in [2.45, 2.75) is 19.8 Å². The van der Waals surface area contributed by atoms with Gasteiger partial charge in [-0.3, -0.25) is 4.79 Å². The van der Waals surface area contributed by atoms with Crippen LogP contribution in [0.1, 0.15) is 17.5 Å². The van der Waals surface area contributed by atoms with Crippen LogP contribution < -0.4 is 0 Å². The third-order valence-corrected chi connectivity index (χ3v) is 2.54. The van der Waals surface area contributed by atoms with Crippen molar-refractivity contribution in [1.82, 2.24) is 0 Å². The summed E-state index contributed by atoms with van der Waals surface area (Å²) in [4.78, 5) is 10.4. The first-order valence-corrected chi connectivity index (χ1v) is 4.73. The Labute approximate surface area is 91.7 Å². The predicted molar refractivity (Wildman–Crippen MR) is 55.5 cm³/mol. The number of halogens is 1. The van der Waals surface area contributed by atoms with Gasteiger partial charge in [-0.15, -0.1) is 0 Å². The molecule has 0 amide bonds. The number of carboxylic acids is 1. The highest BCUT2D eigenvalue weighted by molar-refractivity contribution is 6.33. The van der Waals surface area contributed by atoms with Crippen LogP contribution in [-0.2, 0) is 11.2 Å². The maximum Gasteiger partial charge on any atom is 0.303 e. The fourth-order valence-corrected chi connectivity index (χ4v) is 1.67. The zero-order valence-corrected chi connectivity index (χ0v) is 8.88. The minimum atomic E-state index is -0.932. The molecule has 0 aliphatic carbocycles. The van der Waals surface area contributed by atoms with E-state index in [2.05, 4.69) is 0 Å². The quantitative estimate of drug-likeness (QED) is 0.695. The third kappa shape index (κ3) is 2.53. The minimum absolute atomic E-state index is 0.0220. The highest BCUT2D eigenvalue weighted by atomic mass is 35.5. The molecule has 82 valence electrons. The van der Waals surface area contributed by atoms with Crippen LogP contribution in [0.15, 0.2) is 6.07 Å². The Morgan fingerprint density at radius 3 is 2.60 bits per heavy atom. The van der Waals surface area contributed by atoms with E-state index in [1.807, 2.05) is 0 Å². The van der Waals surface area contributed by atoms with Crippen LogP contribution in [0.2, 0.25) is 5.02 Å². The molecule has 0 bridgehead atoms. The van der Waals surface area contributed by atoms with E-state index in [0.29, 0.717) is 11.1 Å². The average molecular weight is 231 g/mol. The molecule has 1 aromatic rings. The molecule has 0 aliphatic heterocycles. The zero-order valence-electron chi connectivity index (χ0n) is 8.12. The number of hydrogen-bond acceptors (Lipinski definition) is 3. The molecule has 1 rings (SSSR count). The smallest absolute Gasteiger partial charge is 0.303 e. The van der Waals surface area contributed by atoms with E-state index in [-0.39, 0.29) is 23.6 Å². The maximum absolute atomic E-state index is 10.4. The van der Waals surface area contributed by atoms with Crippen molar-refractivity contribution in [1.29, 1.82) is 0 Å². The Morgan fingerprint density at radius 1 is 1.47 bits per heavy atom. The summed E-state index contributed by atoms with van der Waals surface area (Å²) in [5.41, 5.74) is 1.21. The first-order valence-electron chi connectivity index (χ1n) is 4.35. The summed E-state index contributed by atoms with van der Waals surface area (Å²) < 4.78 is 0. The molecule has 0 saturated carbocycles. The minimum Gasteiger partial charge on any atom is -0.504 e. The Morgan fingerprint density at radius 2 is 2.07 bits per heavy atom. The third-order valence-electron chi connectivity index (χ3n) is 2.13. The molecule has 0 aromatic heterocycles. The van der Waals surface area contributed by atoms with Gasteiger partial charge in [-0.2, -0.15) is 0 Å². The van der Waals surface area contributed by atoms with Crippen LogP contribution in [0.3, 0.4) is 0 Å². The summed E-state index contributed by atoms with van der Waals surface area (Å²) in [6.45, 7) is 1.70. The van der Waals surface area contributed by atoms with Gasteiger partial charge in [0.2, 0.25) is 0 Å². The van der Waals surface area contributed by atoms with Crippen molar-refractivity contribution in [3.63, 3.8) is 0 Å². The summed E-state index contributed by atoms with van der Waals surface area (Å²) >= 11 is 5.78. The Kier molecular flexibility index (Phi) is 3.42. The SMILES string of the molecule is Cc1cc(O)c(O)c(Cl)c1CCC(=O)O. The van der Waals surface area contributed by atoms with Gasteiger partial charge in [0.25, 0.3) is 0 Å². The number of carbonyl (C=O) groups is 1. The summed E-state index contributed by atoms with van der Waals surface area (Å²) in [6.07, 6.45) is 0.165. The van der Waals surface area contributed by atoms with E-state index in [1.165, 1.54) is 6.07 Å². The van der Waals surface area contributed by atoms with Crippen molar-refractivity contribution in [2.24, 2.45) is 0 Å². The van der Waals surface area contributed by atoms with Crippen molar-refractivity contribution < 1.29 is 20.1 Å². The van der Waals surface area contributed by atoms with Gasteiger partial charge < -0.3 is 15.3 Å². The van der Waals surface area contributed by atoms with Crippen molar-refractivity contribution >= 4 is 17.6 Å². The average Bonchev–Trinajstić information content (AvgIpc) is 2.14. The lowest BCUT2D eigenvalue weighted by Crippen LogP contribution is -2.00. The standard InChI is InChI=1S/C10H11ClO4/c1-5-4-7(12)10(15)9(11)6(5)2-3-8(13)14/h4,12,15H,2-3H2,1H3,(H,13,14). The molecule has 3 N–H and O–H groups in total. The van der Waals surface area contributed by atoms with Gasteiger partial charge in [0.05, 0.1) is 5.02 Å². The van der Waals surface area contributed by atoms with Crippen LogP contribution in [-0.4, -0.2) is 21.3 Å². The fourth-order valence-electron chi connectivity index (χ4n) is 1.33. The number of hydrogen-bond donors (Lipinski definition) is 3. The summed E-state index contributed by atoms with van der Waals surface area (Å²) in [6, 6.07) is 1.36. The lowest BCUT2D eigenvalue weighted by Gasteiger charge is -2.10. The molecular formula is C10H11ClO4. The molecule has 0 atom stereocenters. The van der Waals surface area contributed by atoms with Crippen LogP contribution in [0.4, 0.5) is 0 Å². The van der Waals surface area contributed by atoms with E-state index >= 15 is 0 Å². The van der Waals surface area contributed by atoms with E-state index in [1.54, 1.807) is 6.92 Å². The Hall–Kier alpha value is -1.42. The second kappa shape index (κ2) is 4.40. The predicted octanol–water partition coefficient (Wildman–Crippen LogP) is 2.08. The number of aryl methyl sites for hydroxylation is 1. The van der Waals surface area contributed by atoms with Gasteiger partial charge in [-0.05, 0) is 30.5 Å². The second-order valence-corrected chi connectivity index (χ2v) is 3.63. The number of aliphatic carboxylic acids is 1. The molecule has 0 radical (unpaired) electrons. The van der Waals surface area contributed by atoms with Crippen LogP contribution in [0.25, 0.3) is 0 Å². The van der Waals surface area contributed by atoms with Gasteiger partial charge in [0.15, 0.2) is 11.5 Å². The fraction of sp³-hybridized carbons (Fsp3) is 0.300. The first-order chi connectivity index (χ1) is 6.93. The molecule has 0 saturated heterocycles. The largest absolute Gasteiger partial charge is 0.504 e. The molecule has 0 unspecified atom stereocenters. The molecule has 4 nitrogen and oxygen atoms in total. The number of rotatable bonds is 3. The summed E-state index contributed by atoms with van der Waals surface area (Å²) in [5.74, 6) is -1.63. The molecule has 0 fully saturated rings. The monoisotopic (exact) mass is 230 g/mol. The maximum atomic E-state index is 10.4. The lowest BCUT2D eigenvalue weighted by molar-refractivity contribution is -0.136. The summed E-state index contributed by atoms with van der Waals surface area (Å²) in [7, 11) is 0. The molecule has 0 heterocycles. The van der Waals surface area contributed by atoms with Crippen molar-refractivity contribution in [2.75, 3.05) is 0 Å². The van der Waals surface area contributed by atoms with E-state index in [9.17, 15) is 15.0 Å². The topological polar surface area (TPSA) is 77.8 Å². The molecule has 15 heavy (non-hydrogen) atoms. The first kappa shape index (κ1) is 11.7. The molecule has 1 aromatic carbocycles. The normalized spacial score (nSPS) is 10.3. The van der Waals surface area contributed by atoms with Crippen LogP contribution >= 0.6 is 11.6 Å². The highest BCUT2D eigenvalue weighted by Gasteiger charge is 2.14. The number of phenolic OH excluding ortho intramolecular Hbond substituents is 2. The number of carboxylic acid groups (broad SMARTS) is 1. The van der Waals surface area contributed by atoms with Gasteiger partial charge in [-0.1, -0.05) is 11.6 Å². The highest BCUT2D eigenvalue weighted by Crippen LogP contribution is 2.38. The van der Waals surface area contributed by atoms with Crippen LogP contribution in [0, 0.1) is 6.92 Å². The van der Waals surface area contributed by atoms with Gasteiger partial charge in [-0.25, -0.2) is 0 Å². The second-order valence-electron chi connectivity index (χ2n) is 3.25. The van der Waals surface area contributed by atoms with Crippen LogP contribution in [0.5, 0.6) is 11.5 Å². The number of aromatic hydroxyl groups is 2. The Balaban J connectivity index is 3.07. The van der Waals surface area contributed by atoms with E-state index in [4.69, 9.17) is 16.7 Å².